The molecule has 0 spiro atoms. The number of morpholine rings is 1. The van der Waals surface area contributed by atoms with Gasteiger partial charge in [0.2, 0.25) is 5.91 Å². The zero-order valence-corrected chi connectivity index (χ0v) is 22.2. The molecule has 1 saturated heterocycles. The summed E-state index contributed by atoms with van der Waals surface area (Å²) in [5.74, 6) is 2.16. The third-order valence-corrected chi connectivity index (χ3v) is 6.45. The lowest BCUT2D eigenvalue weighted by atomic mass is 9.85. The Morgan fingerprint density at radius 3 is 2.85 bits per heavy atom. The van der Waals surface area contributed by atoms with Gasteiger partial charge in [-0.1, -0.05) is 6.42 Å². The fourth-order valence-corrected chi connectivity index (χ4v) is 4.55. The number of rotatable bonds is 7. The number of pyridine rings is 1. The Labute approximate surface area is 214 Å². The minimum Gasteiger partial charge on any atom is -0.375 e. The average Bonchev–Trinajstić information content (AvgIpc) is 3.62. The number of carbonyl (C=O) groups excluding carboxylic acids is 1. The normalized spacial score (nSPS) is 25.7. The Morgan fingerprint density at radius 1 is 1.24 bits per heavy atom. The molecule has 2 aliphatic carbocycles. The van der Waals surface area contributed by atoms with Crippen LogP contribution in [0, 0.1) is 5.92 Å². The van der Waals surface area contributed by atoms with Gasteiger partial charge in [0, 0.05) is 43.8 Å². The first-order chi connectivity index (χ1) is 15.6. The van der Waals surface area contributed by atoms with Gasteiger partial charge in [0.1, 0.15) is 5.82 Å². The van der Waals surface area contributed by atoms with Crippen molar-refractivity contribution in [2.45, 2.75) is 77.1 Å². The monoisotopic (exact) mass is 570 g/mol. The van der Waals surface area contributed by atoms with E-state index in [0.29, 0.717) is 12.6 Å². The van der Waals surface area contributed by atoms with Gasteiger partial charge in [-0.3, -0.25) is 4.79 Å². The van der Waals surface area contributed by atoms with Gasteiger partial charge < -0.3 is 25.6 Å². The van der Waals surface area contributed by atoms with E-state index in [1.54, 1.807) is 0 Å². The molecule has 0 bridgehead atoms. The largest absolute Gasteiger partial charge is 0.375 e. The topological polar surface area (TPSA) is 90.9 Å². The highest BCUT2D eigenvalue weighted by Crippen LogP contribution is 2.27. The fraction of sp³-hybridized carbons (Fsp3) is 0.708. The van der Waals surface area contributed by atoms with Crippen LogP contribution in [-0.4, -0.2) is 61.3 Å². The molecule has 4 rings (SSSR count). The van der Waals surface area contributed by atoms with Crippen LogP contribution < -0.4 is 20.9 Å². The van der Waals surface area contributed by atoms with Crippen LogP contribution in [0.1, 0.15) is 57.9 Å². The van der Waals surface area contributed by atoms with Gasteiger partial charge in [0.15, 0.2) is 5.96 Å². The van der Waals surface area contributed by atoms with Crippen molar-refractivity contribution in [3.63, 3.8) is 0 Å². The molecule has 8 nitrogen and oxygen atoms in total. The molecule has 1 aromatic rings. The number of amides is 1. The van der Waals surface area contributed by atoms with Crippen molar-refractivity contribution in [3.05, 3.63) is 23.9 Å². The second kappa shape index (κ2) is 12.7. The smallest absolute Gasteiger partial charge is 0.223 e. The van der Waals surface area contributed by atoms with Crippen LogP contribution in [0.2, 0.25) is 0 Å². The summed E-state index contributed by atoms with van der Waals surface area (Å²) in [7, 11) is 0. The van der Waals surface area contributed by atoms with Crippen molar-refractivity contribution < 1.29 is 9.53 Å². The molecule has 3 atom stereocenters. The highest BCUT2D eigenvalue weighted by atomic mass is 127. The molecule has 9 heteroatoms. The van der Waals surface area contributed by atoms with Crippen LogP contribution in [0.5, 0.6) is 0 Å². The second-order valence-corrected chi connectivity index (χ2v) is 9.33. The molecule has 1 aliphatic heterocycles. The molecular formula is C24H39IN6O2. The van der Waals surface area contributed by atoms with Gasteiger partial charge in [-0.25, -0.2) is 9.98 Å². The van der Waals surface area contributed by atoms with Gasteiger partial charge in [-0.2, -0.15) is 0 Å². The maximum Gasteiger partial charge on any atom is 0.223 e. The zero-order valence-electron chi connectivity index (χ0n) is 19.9. The number of halogens is 1. The van der Waals surface area contributed by atoms with Crippen molar-refractivity contribution in [1.82, 2.24) is 20.9 Å². The van der Waals surface area contributed by atoms with Crippen LogP contribution in [0.25, 0.3) is 0 Å². The quantitative estimate of drug-likeness (QED) is 0.266. The third kappa shape index (κ3) is 7.98. The van der Waals surface area contributed by atoms with Crippen LogP contribution in [0.15, 0.2) is 23.3 Å². The number of guanidine groups is 1. The minimum atomic E-state index is 0. The van der Waals surface area contributed by atoms with Gasteiger partial charge in [-0.05, 0) is 63.6 Å². The Morgan fingerprint density at radius 2 is 2.09 bits per heavy atom. The summed E-state index contributed by atoms with van der Waals surface area (Å²) in [4.78, 5) is 24.2. The van der Waals surface area contributed by atoms with Crippen molar-refractivity contribution >= 4 is 41.7 Å². The van der Waals surface area contributed by atoms with Crippen molar-refractivity contribution in [1.29, 1.82) is 0 Å². The van der Waals surface area contributed by atoms with E-state index in [9.17, 15) is 4.79 Å². The van der Waals surface area contributed by atoms with E-state index in [-0.39, 0.29) is 47.9 Å². The number of aromatic nitrogens is 1. The molecule has 3 N–H and O–H groups in total. The molecule has 0 aromatic carbocycles. The van der Waals surface area contributed by atoms with Gasteiger partial charge in [0.25, 0.3) is 0 Å². The summed E-state index contributed by atoms with van der Waals surface area (Å²) in [5, 5.41) is 10.1. The van der Waals surface area contributed by atoms with Crippen LogP contribution >= 0.6 is 24.0 Å². The molecule has 2 heterocycles. The first-order valence-corrected chi connectivity index (χ1v) is 12.3. The first-order valence-electron chi connectivity index (χ1n) is 12.3. The molecule has 1 amide bonds. The van der Waals surface area contributed by atoms with E-state index >= 15 is 0 Å². The molecule has 33 heavy (non-hydrogen) atoms. The van der Waals surface area contributed by atoms with Gasteiger partial charge in [0.05, 0.1) is 19.3 Å². The number of nitrogens with zero attached hydrogens (tertiary/aromatic N) is 3. The minimum absolute atomic E-state index is 0. The van der Waals surface area contributed by atoms with E-state index < -0.39 is 0 Å². The lowest BCUT2D eigenvalue weighted by Gasteiger charge is -2.32. The van der Waals surface area contributed by atoms with Crippen molar-refractivity contribution in [3.8, 4) is 0 Å². The maximum atomic E-state index is 12.5. The van der Waals surface area contributed by atoms with Crippen molar-refractivity contribution in [2.24, 2.45) is 10.9 Å². The van der Waals surface area contributed by atoms with Crippen molar-refractivity contribution in [2.75, 3.05) is 31.1 Å². The molecule has 3 fully saturated rings. The molecule has 184 valence electrons. The molecule has 1 aromatic heterocycles. The zero-order chi connectivity index (χ0) is 22.3. The van der Waals surface area contributed by atoms with E-state index in [0.717, 1.165) is 82.1 Å². The van der Waals surface area contributed by atoms with E-state index in [1.165, 1.54) is 0 Å². The average molecular weight is 571 g/mol. The van der Waals surface area contributed by atoms with E-state index in [1.807, 2.05) is 12.3 Å². The highest BCUT2D eigenvalue weighted by Gasteiger charge is 2.31. The number of ether oxygens (including phenoxy) is 1. The Kier molecular flexibility index (Phi) is 10.0. The van der Waals surface area contributed by atoms with Crippen LogP contribution in [0.4, 0.5) is 5.82 Å². The molecule has 0 radical (unpaired) electrons. The predicted molar refractivity (Wildman–Crippen MR) is 142 cm³/mol. The lowest BCUT2D eigenvalue weighted by Crippen LogP contribution is -2.47. The predicted octanol–water partition coefficient (Wildman–Crippen LogP) is 2.82. The molecule has 3 aliphatic rings. The lowest BCUT2D eigenvalue weighted by molar-refractivity contribution is -0.126. The Hall–Kier alpha value is -1.62. The SMILES string of the molecule is CCNC(=NCc1ccnc(N2CCOC(C)C2)c1)NC1CCCC(C(=O)NC2CC2)C1.I. The molecule has 3 unspecified atom stereocenters. The number of nitrogens with one attached hydrogen (secondary N) is 3. The van der Waals surface area contributed by atoms with Gasteiger partial charge >= 0.3 is 0 Å². The van der Waals surface area contributed by atoms with Gasteiger partial charge in [-0.15, -0.1) is 24.0 Å². The standard InChI is InChI=1S/C24H38N6O2.HI/c1-3-25-24(29-21-6-4-5-19(14-21)23(31)28-20-7-8-20)27-15-18-9-10-26-22(13-18)30-11-12-32-17(2)16-30;/h9-10,13,17,19-21H,3-8,11-12,14-16H2,1-2H3,(H,28,31)(H2,25,27,29);1H. The summed E-state index contributed by atoms with van der Waals surface area (Å²) in [6.45, 7) is 8.03. The number of aliphatic imine (C=N–C) groups is 1. The fourth-order valence-electron chi connectivity index (χ4n) is 4.55. The summed E-state index contributed by atoms with van der Waals surface area (Å²) >= 11 is 0. The third-order valence-electron chi connectivity index (χ3n) is 6.45. The highest BCUT2D eigenvalue weighted by molar-refractivity contribution is 14.0. The maximum absolute atomic E-state index is 12.5. The van der Waals surface area contributed by atoms with Crippen LogP contribution in [-0.2, 0) is 16.1 Å². The number of hydrogen-bond donors (Lipinski definition) is 3. The summed E-state index contributed by atoms with van der Waals surface area (Å²) in [5.41, 5.74) is 1.14. The number of hydrogen-bond acceptors (Lipinski definition) is 5. The first kappa shape index (κ1) is 26.0. The second-order valence-electron chi connectivity index (χ2n) is 9.33. The van der Waals surface area contributed by atoms with E-state index in [2.05, 4.69) is 45.7 Å². The summed E-state index contributed by atoms with van der Waals surface area (Å²) in [6, 6.07) is 4.86. The number of anilines is 1. The van der Waals surface area contributed by atoms with E-state index in [4.69, 9.17) is 9.73 Å². The summed E-state index contributed by atoms with van der Waals surface area (Å²) in [6.07, 6.45) is 8.38. The Bertz CT molecular complexity index is 803. The Balaban J connectivity index is 0.00000306. The molecular weight excluding hydrogens is 531 g/mol. The number of carbonyl (C=O) groups is 1. The summed E-state index contributed by atoms with van der Waals surface area (Å²) < 4.78 is 5.65. The molecule has 2 saturated carbocycles. The van der Waals surface area contributed by atoms with Crippen LogP contribution in [0.3, 0.4) is 0 Å².